The van der Waals surface area contributed by atoms with Gasteiger partial charge in [-0.25, -0.2) is 4.98 Å². The summed E-state index contributed by atoms with van der Waals surface area (Å²) in [5.74, 6) is 0.572. The molecule has 1 heterocycles. The lowest BCUT2D eigenvalue weighted by atomic mass is 10.1. The van der Waals surface area contributed by atoms with E-state index in [1.54, 1.807) is 0 Å². The maximum Gasteiger partial charge on any atom is 0.224 e. The Balaban J connectivity index is 1.92. The van der Waals surface area contributed by atoms with Crippen molar-refractivity contribution in [3.05, 3.63) is 52.4 Å². The molecule has 5 heteroatoms. The van der Waals surface area contributed by atoms with Crippen molar-refractivity contribution in [2.24, 2.45) is 0 Å². The molecule has 0 aliphatic carbocycles. The predicted molar refractivity (Wildman–Crippen MR) is 70.7 cm³/mol. The van der Waals surface area contributed by atoms with Crippen LogP contribution in [-0.4, -0.2) is 16.5 Å². The Bertz CT molecular complexity index is 488. The van der Waals surface area contributed by atoms with E-state index in [1.807, 2.05) is 18.2 Å². The van der Waals surface area contributed by atoms with Crippen molar-refractivity contribution >= 4 is 29.0 Å². The SMILES string of the molecule is Clc1ncc(Cl)c(NCCc2ccccc2)n1. The number of hydrogen-bond donors (Lipinski definition) is 1. The van der Waals surface area contributed by atoms with Crippen LogP contribution in [0.5, 0.6) is 0 Å². The second kappa shape index (κ2) is 5.84. The monoisotopic (exact) mass is 267 g/mol. The molecule has 0 aliphatic heterocycles. The van der Waals surface area contributed by atoms with Gasteiger partial charge in [0.2, 0.25) is 5.28 Å². The maximum atomic E-state index is 5.93. The summed E-state index contributed by atoms with van der Waals surface area (Å²) in [6.07, 6.45) is 2.39. The van der Waals surface area contributed by atoms with Crippen molar-refractivity contribution in [1.82, 2.24) is 9.97 Å². The van der Waals surface area contributed by atoms with Gasteiger partial charge in [0.25, 0.3) is 0 Å². The first-order chi connectivity index (χ1) is 8.25. The first-order valence-corrected chi connectivity index (χ1v) is 5.97. The zero-order valence-electron chi connectivity index (χ0n) is 9.03. The smallest absolute Gasteiger partial charge is 0.224 e. The summed E-state index contributed by atoms with van der Waals surface area (Å²) in [4.78, 5) is 7.80. The first-order valence-electron chi connectivity index (χ1n) is 5.21. The number of benzene rings is 1. The van der Waals surface area contributed by atoms with Crippen molar-refractivity contribution in [1.29, 1.82) is 0 Å². The third-order valence-electron chi connectivity index (χ3n) is 2.26. The Labute approximate surface area is 110 Å². The summed E-state index contributed by atoms with van der Waals surface area (Å²) >= 11 is 11.6. The van der Waals surface area contributed by atoms with E-state index >= 15 is 0 Å². The van der Waals surface area contributed by atoms with Gasteiger partial charge in [-0.05, 0) is 23.6 Å². The van der Waals surface area contributed by atoms with Gasteiger partial charge in [-0.15, -0.1) is 0 Å². The zero-order chi connectivity index (χ0) is 12.1. The van der Waals surface area contributed by atoms with Gasteiger partial charge in [-0.2, -0.15) is 4.98 Å². The van der Waals surface area contributed by atoms with E-state index in [0.29, 0.717) is 10.8 Å². The second-order valence-corrected chi connectivity index (χ2v) is 4.24. The highest BCUT2D eigenvalue weighted by molar-refractivity contribution is 6.33. The van der Waals surface area contributed by atoms with Crippen LogP contribution in [0.2, 0.25) is 10.3 Å². The van der Waals surface area contributed by atoms with Crippen molar-refractivity contribution in [2.45, 2.75) is 6.42 Å². The normalized spacial score (nSPS) is 10.2. The molecule has 0 saturated carbocycles. The van der Waals surface area contributed by atoms with E-state index in [4.69, 9.17) is 23.2 Å². The van der Waals surface area contributed by atoms with E-state index in [0.717, 1.165) is 13.0 Å². The molecule has 0 radical (unpaired) electrons. The van der Waals surface area contributed by atoms with Crippen molar-refractivity contribution in [3.8, 4) is 0 Å². The van der Waals surface area contributed by atoms with Crippen LogP contribution in [0, 0.1) is 0 Å². The Morgan fingerprint density at radius 2 is 1.88 bits per heavy atom. The Hall–Kier alpha value is -1.32. The van der Waals surface area contributed by atoms with Crippen LogP contribution >= 0.6 is 23.2 Å². The van der Waals surface area contributed by atoms with Crippen LogP contribution in [0.25, 0.3) is 0 Å². The molecule has 0 spiro atoms. The van der Waals surface area contributed by atoms with Gasteiger partial charge in [0.15, 0.2) is 0 Å². The zero-order valence-corrected chi connectivity index (χ0v) is 10.5. The van der Waals surface area contributed by atoms with Crippen LogP contribution < -0.4 is 5.32 Å². The van der Waals surface area contributed by atoms with Gasteiger partial charge in [0.1, 0.15) is 10.8 Å². The number of nitrogens with one attached hydrogen (secondary N) is 1. The molecule has 0 bridgehead atoms. The number of halogens is 2. The van der Waals surface area contributed by atoms with E-state index < -0.39 is 0 Å². The Kier molecular flexibility index (Phi) is 4.18. The highest BCUT2D eigenvalue weighted by Gasteiger charge is 2.03. The van der Waals surface area contributed by atoms with Crippen molar-refractivity contribution in [3.63, 3.8) is 0 Å². The van der Waals surface area contributed by atoms with Gasteiger partial charge < -0.3 is 5.32 Å². The van der Waals surface area contributed by atoms with Gasteiger partial charge in [0.05, 0.1) is 6.20 Å². The van der Waals surface area contributed by atoms with Crippen molar-refractivity contribution < 1.29 is 0 Å². The van der Waals surface area contributed by atoms with E-state index in [-0.39, 0.29) is 5.28 Å². The van der Waals surface area contributed by atoms with E-state index in [1.165, 1.54) is 11.8 Å². The standard InChI is InChI=1S/C12H11Cl2N3/c13-10-8-16-12(14)17-11(10)15-7-6-9-4-2-1-3-5-9/h1-5,8H,6-7H2,(H,15,16,17). The van der Waals surface area contributed by atoms with Crippen LogP contribution in [-0.2, 0) is 6.42 Å². The molecule has 0 fully saturated rings. The molecule has 0 aliphatic rings. The van der Waals surface area contributed by atoms with Crippen LogP contribution in [0.4, 0.5) is 5.82 Å². The number of aromatic nitrogens is 2. The number of rotatable bonds is 4. The molecule has 0 amide bonds. The van der Waals surface area contributed by atoms with Crippen LogP contribution in [0.1, 0.15) is 5.56 Å². The lowest BCUT2D eigenvalue weighted by Gasteiger charge is -2.07. The fourth-order valence-corrected chi connectivity index (χ4v) is 1.73. The van der Waals surface area contributed by atoms with Gasteiger partial charge in [-0.3, -0.25) is 0 Å². The third-order valence-corrected chi connectivity index (χ3v) is 2.72. The lowest BCUT2D eigenvalue weighted by molar-refractivity contribution is 0.999. The first kappa shape index (κ1) is 12.1. The lowest BCUT2D eigenvalue weighted by Crippen LogP contribution is -2.07. The van der Waals surface area contributed by atoms with Crippen LogP contribution in [0.15, 0.2) is 36.5 Å². The Morgan fingerprint density at radius 3 is 2.65 bits per heavy atom. The minimum Gasteiger partial charge on any atom is -0.368 e. The molecule has 0 saturated heterocycles. The number of anilines is 1. The molecule has 17 heavy (non-hydrogen) atoms. The summed E-state index contributed by atoms with van der Waals surface area (Å²) < 4.78 is 0. The molecule has 2 aromatic rings. The highest BCUT2D eigenvalue weighted by atomic mass is 35.5. The molecular weight excluding hydrogens is 257 g/mol. The molecule has 0 unspecified atom stereocenters. The molecule has 0 atom stereocenters. The Morgan fingerprint density at radius 1 is 1.12 bits per heavy atom. The quantitative estimate of drug-likeness (QED) is 0.863. The average molecular weight is 268 g/mol. The van der Waals surface area contributed by atoms with E-state index in [2.05, 4.69) is 27.4 Å². The highest BCUT2D eigenvalue weighted by Crippen LogP contribution is 2.19. The molecule has 1 N–H and O–H groups in total. The largest absolute Gasteiger partial charge is 0.368 e. The fraction of sp³-hybridized carbons (Fsp3) is 0.167. The summed E-state index contributed by atoms with van der Waals surface area (Å²) in [6, 6.07) is 10.2. The summed E-state index contributed by atoms with van der Waals surface area (Å²) in [7, 11) is 0. The molecule has 88 valence electrons. The number of hydrogen-bond acceptors (Lipinski definition) is 3. The maximum absolute atomic E-state index is 5.93. The van der Waals surface area contributed by atoms with Gasteiger partial charge >= 0.3 is 0 Å². The summed E-state index contributed by atoms with van der Waals surface area (Å²) in [5.41, 5.74) is 1.26. The van der Waals surface area contributed by atoms with E-state index in [9.17, 15) is 0 Å². The predicted octanol–water partition coefficient (Wildman–Crippen LogP) is 3.44. The van der Waals surface area contributed by atoms with Crippen LogP contribution in [0.3, 0.4) is 0 Å². The minimum absolute atomic E-state index is 0.191. The topological polar surface area (TPSA) is 37.8 Å². The molecule has 1 aromatic carbocycles. The summed E-state index contributed by atoms with van der Waals surface area (Å²) in [5, 5.41) is 3.80. The molecule has 2 rings (SSSR count). The third kappa shape index (κ3) is 3.58. The summed E-state index contributed by atoms with van der Waals surface area (Å²) in [6.45, 7) is 0.747. The number of nitrogens with zero attached hydrogens (tertiary/aromatic N) is 2. The van der Waals surface area contributed by atoms with Gasteiger partial charge in [0, 0.05) is 6.54 Å². The minimum atomic E-state index is 0.191. The average Bonchev–Trinajstić information content (AvgIpc) is 2.35. The fourth-order valence-electron chi connectivity index (χ4n) is 1.44. The molecule has 1 aromatic heterocycles. The second-order valence-electron chi connectivity index (χ2n) is 3.50. The van der Waals surface area contributed by atoms with Gasteiger partial charge in [-0.1, -0.05) is 41.9 Å². The molecular formula is C12H11Cl2N3. The molecule has 3 nitrogen and oxygen atoms in total. The van der Waals surface area contributed by atoms with Crippen molar-refractivity contribution in [2.75, 3.05) is 11.9 Å².